The van der Waals surface area contributed by atoms with Crippen LogP contribution in [0.1, 0.15) is 39.2 Å². The molecule has 3 amide bonds. The summed E-state index contributed by atoms with van der Waals surface area (Å²) in [6.45, 7) is 5.46. The number of amides is 3. The fourth-order valence-corrected chi connectivity index (χ4v) is 3.64. The van der Waals surface area contributed by atoms with Crippen molar-refractivity contribution in [2.24, 2.45) is 5.92 Å². The summed E-state index contributed by atoms with van der Waals surface area (Å²) in [5.41, 5.74) is -0.440. The Balaban J connectivity index is 3.08. The molecule has 0 radical (unpaired) electrons. The van der Waals surface area contributed by atoms with E-state index in [1.807, 2.05) is 44.2 Å². The molecular formula is C22H33N3O5S. The quantitative estimate of drug-likeness (QED) is 0.205. The van der Waals surface area contributed by atoms with Crippen LogP contribution in [0.3, 0.4) is 0 Å². The first-order chi connectivity index (χ1) is 14.7. The lowest BCUT2D eigenvalue weighted by molar-refractivity contribution is -0.146. The number of nitrogens with one attached hydrogen (secondary N) is 3. The molecule has 0 fully saturated rings. The van der Waals surface area contributed by atoms with Crippen LogP contribution in [0, 0.1) is 5.92 Å². The first kappa shape index (κ1) is 26.5. The summed E-state index contributed by atoms with van der Waals surface area (Å²) < 4.78 is 4.86. The third-order valence-electron chi connectivity index (χ3n) is 4.79. The van der Waals surface area contributed by atoms with E-state index < -0.39 is 35.4 Å². The van der Waals surface area contributed by atoms with Gasteiger partial charge in [0.2, 0.25) is 18.2 Å². The summed E-state index contributed by atoms with van der Waals surface area (Å²) >= 11 is 4.11. The minimum absolute atomic E-state index is 0.0732. The van der Waals surface area contributed by atoms with Crippen LogP contribution in [0.25, 0.3) is 0 Å². The highest BCUT2D eigenvalue weighted by atomic mass is 32.1. The van der Waals surface area contributed by atoms with Crippen molar-refractivity contribution < 1.29 is 23.9 Å². The van der Waals surface area contributed by atoms with Gasteiger partial charge in [0.15, 0.2) is 0 Å². The fraction of sp³-hybridized carbons (Fsp3) is 0.545. The molecule has 0 aliphatic rings. The molecule has 8 nitrogen and oxygen atoms in total. The van der Waals surface area contributed by atoms with Crippen LogP contribution in [0.15, 0.2) is 30.3 Å². The van der Waals surface area contributed by atoms with Crippen LogP contribution in [-0.4, -0.2) is 54.7 Å². The van der Waals surface area contributed by atoms with E-state index in [-0.39, 0.29) is 12.3 Å². The van der Waals surface area contributed by atoms with Gasteiger partial charge in [-0.25, -0.2) is 4.79 Å². The van der Waals surface area contributed by atoms with Crippen molar-refractivity contribution in [2.45, 2.75) is 57.7 Å². The lowest BCUT2D eigenvalue weighted by Crippen LogP contribution is -2.62. The zero-order valence-electron chi connectivity index (χ0n) is 18.5. The van der Waals surface area contributed by atoms with Gasteiger partial charge in [0.05, 0.1) is 7.11 Å². The molecule has 172 valence electrons. The topological polar surface area (TPSA) is 114 Å². The van der Waals surface area contributed by atoms with E-state index in [1.54, 1.807) is 6.92 Å². The SMILES string of the molecule is COC(=O)[C@H](Cc1ccccc1)NC(=O)[C@](C)(CC(C)C)NC(=O)[C@H](CCS)NC=O. The first-order valence-corrected chi connectivity index (χ1v) is 10.8. The Morgan fingerprint density at radius 2 is 1.81 bits per heavy atom. The Morgan fingerprint density at radius 1 is 1.16 bits per heavy atom. The largest absolute Gasteiger partial charge is 0.467 e. The number of benzene rings is 1. The van der Waals surface area contributed by atoms with Gasteiger partial charge in [-0.2, -0.15) is 12.6 Å². The van der Waals surface area contributed by atoms with Crippen LogP contribution in [-0.2, 0) is 30.3 Å². The number of esters is 1. The molecule has 1 aromatic rings. The molecule has 0 aliphatic heterocycles. The van der Waals surface area contributed by atoms with Gasteiger partial charge >= 0.3 is 5.97 Å². The lowest BCUT2D eigenvalue weighted by atomic mass is 9.88. The Hall–Kier alpha value is -2.55. The summed E-state index contributed by atoms with van der Waals surface area (Å²) in [6, 6.07) is 7.53. The smallest absolute Gasteiger partial charge is 0.328 e. The number of rotatable bonds is 13. The predicted molar refractivity (Wildman–Crippen MR) is 122 cm³/mol. The van der Waals surface area contributed by atoms with Gasteiger partial charge < -0.3 is 20.7 Å². The van der Waals surface area contributed by atoms with E-state index in [9.17, 15) is 19.2 Å². The van der Waals surface area contributed by atoms with E-state index in [0.717, 1.165) is 5.56 Å². The van der Waals surface area contributed by atoms with Gasteiger partial charge in [-0.05, 0) is 37.0 Å². The molecule has 0 bridgehead atoms. The van der Waals surface area contributed by atoms with E-state index >= 15 is 0 Å². The van der Waals surface area contributed by atoms with Gasteiger partial charge in [0.1, 0.15) is 17.6 Å². The normalized spacial score (nSPS) is 14.6. The van der Waals surface area contributed by atoms with Crippen molar-refractivity contribution in [2.75, 3.05) is 12.9 Å². The van der Waals surface area contributed by atoms with Crippen LogP contribution < -0.4 is 16.0 Å². The zero-order valence-corrected chi connectivity index (χ0v) is 19.4. The van der Waals surface area contributed by atoms with E-state index in [0.29, 0.717) is 25.0 Å². The van der Waals surface area contributed by atoms with Gasteiger partial charge in [-0.1, -0.05) is 44.2 Å². The second-order valence-corrected chi connectivity index (χ2v) is 8.45. The molecule has 0 aromatic heterocycles. The van der Waals surface area contributed by atoms with E-state index in [1.165, 1.54) is 7.11 Å². The molecule has 3 N–H and O–H groups in total. The minimum Gasteiger partial charge on any atom is -0.467 e. The molecule has 9 heteroatoms. The van der Waals surface area contributed by atoms with Crippen molar-refractivity contribution in [1.29, 1.82) is 0 Å². The van der Waals surface area contributed by atoms with Crippen LogP contribution in [0.4, 0.5) is 0 Å². The molecule has 0 aliphatic carbocycles. The highest BCUT2D eigenvalue weighted by molar-refractivity contribution is 7.80. The lowest BCUT2D eigenvalue weighted by Gasteiger charge is -2.34. The Bertz CT molecular complexity index is 744. The summed E-state index contributed by atoms with van der Waals surface area (Å²) in [4.78, 5) is 49.2. The Morgan fingerprint density at radius 3 is 2.32 bits per heavy atom. The van der Waals surface area contributed by atoms with Crippen LogP contribution in [0.2, 0.25) is 0 Å². The highest BCUT2D eigenvalue weighted by Crippen LogP contribution is 2.19. The molecule has 1 aromatic carbocycles. The molecule has 31 heavy (non-hydrogen) atoms. The molecule has 0 saturated carbocycles. The monoisotopic (exact) mass is 451 g/mol. The van der Waals surface area contributed by atoms with Crippen molar-refractivity contribution in [3.63, 3.8) is 0 Å². The second kappa shape index (κ2) is 13.0. The number of hydrogen-bond acceptors (Lipinski definition) is 6. The van der Waals surface area contributed by atoms with Crippen molar-refractivity contribution in [3.8, 4) is 0 Å². The minimum atomic E-state index is -1.30. The number of hydrogen-bond donors (Lipinski definition) is 4. The highest BCUT2D eigenvalue weighted by Gasteiger charge is 2.39. The number of thiol groups is 1. The molecule has 0 spiro atoms. The second-order valence-electron chi connectivity index (χ2n) is 8.01. The Labute approximate surface area is 189 Å². The molecule has 0 heterocycles. The molecule has 1 rings (SSSR count). The molecule has 0 unspecified atom stereocenters. The summed E-state index contributed by atoms with van der Waals surface area (Å²) in [6.07, 6.45) is 1.34. The van der Waals surface area contributed by atoms with Crippen LogP contribution >= 0.6 is 12.6 Å². The summed E-state index contributed by atoms with van der Waals surface area (Å²) in [7, 11) is 1.26. The third kappa shape index (κ3) is 8.61. The number of ether oxygens (including phenoxy) is 1. The molecule has 3 atom stereocenters. The number of carbonyl (C=O) groups excluding carboxylic acids is 4. The average molecular weight is 452 g/mol. The van der Waals surface area contributed by atoms with Gasteiger partial charge in [-0.15, -0.1) is 0 Å². The molecular weight excluding hydrogens is 418 g/mol. The van der Waals surface area contributed by atoms with E-state index in [2.05, 4.69) is 28.6 Å². The number of carbonyl (C=O) groups is 4. The van der Waals surface area contributed by atoms with Crippen molar-refractivity contribution >= 4 is 36.8 Å². The average Bonchev–Trinajstić information content (AvgIpc) is 2.72. The van der Waals surface area contributed by atoms with Gasteiger partial charge in [0.25, 0.3) is 0 Å². The van der Waals surface area contributed by atoms with Crippen LogP contribution in [0.5, 0.6) is 0 Å². The number of methoxy groups -OCH3 is 1. The maximum absolute atomic E-state index is 13.3. The predicted octanol–water partition coefficient (Wildman–Crippen LogP) is 1.24. The summed E-state index contributed by atoms with van der Waals surface area (Å²) in [5, 5.41) is 7.95. The fourth-order valence-electron chi connectivity index (χ4n) is 3.38. The summed E-state index contributed by atoms with van der Waals surface area (Å²) in [5.74, 6) is -1.11. The molecule has 0 saturated heterocycles. The zero-order chi connectivity index (χ0) is 23.4. The van der Waals surface area contributed by atoms with Crippen molar-refractivity contribution in [3.05, 3.63) is 35.9 Å². The maximum Gasteiger partial charge on any atom is 0.328 e. The van der Waals surface area contributed by atoms with E-state index in [4.69, 9.17) is 4.74 Å². The van der Waals surface area contributed by atoms with Crippen molar-refractivity contribution in [1.82, 2.24) is 16.0 Å². The third-order valence-corrected chi connectivity index (χ3v) is 5.05. The first-order valence-electron chi connectivity index (χ1n) is 10.2. The standard InChI is InChI=1S/C22H33N3O5S/c1-15(2)13-22(3,25-19(27)17(10-11-31)23-14-26)21(29)24-18(20(28)30-4)12-16-8-6-5-7-9-16/h5-9,14-15,17-18,31H,10-13H2,1-4H3,(H,23,26)(H,24,29)(H,25,27)/t17-,18-,22-/m0/s1. The maximum atomic E-state index is 13.3. The Kier molecular flexibility index (Phi) is 11.1. The van der Waals surface area contributed by atoms with Gasteiger partial charge in [0, 0.05) is 6.42 Å². The van der Waals surface area contributed by atoms with Gasteiger partial charge in [-0.3, -0.25) is 14.4 Å².